The molecule has 4 rings (SSSR count). The molecule has 0 atom stereocenters. The first-order chi connectivity index (χ1) is 15.7. The van der Waals surface area contributed by atoms with Crippen LogP contribution in [-0.2, 0) is 6.42 Å². The topological polar surface area (TPSA) is 153 Å². The molecule has 0 spiro atoms. The highest BCUT2D eigenvalue weighted by atomic mass is 16.5. The number of hydrogen-bond acceptors (Lipinski definition) is 8. The van der Waals surface area contributed by atoms with E-state index in [4.69, 9.17) is 18.3 Å². The van der Waals surface area contributed by atoms with Crippen molar-refractivity contribution in [2.24, 2.45) is 0 Å². The van der Waals surface area contributed by atoms with Gasteiger partial charge in [-0.2, -0.15) is 0 Å². The predicted molar refractivity (Wildman–Crippen MR) is 115 cm³/mol. The molecule has 0 bridgehead atoms. The van der Waals surface area contributed by atoms with Crippen LogP contribution in [0.15, 0.2) is 54.8 Å². The summed E-state index contributed by atoms with van der Waals surface area (Å²) >= 11 is 0. The standard InChI is InChI=1S/C23H16O10/c1-30-16-5-3-10-14(24)8-18(22(26)27)32-20(10)12(16)7-13-17(31-2)6-4-11-15(25)9-19(23(28)29)33-21(11)13/h3-6,8-9H,7H2,1-2H3,(H,26,27)(H,28,29). The summed E-state index contributed by atoms with van der Waals surface area (Å²) in [4.78, 5) is 47.9. The van der Waals surface area contributed by atoms with E-state index in [2.05, 4.69) is 0 Å². The first kappa shape index (κ1) is 21.6. The molecule has 0 amide bonds. The molecule has 2 aromatic heterocycles. The molecule has 0 saturated heterocycles. The van der Waals surface area contributed by atoms with Gasteiger partial charge >= 0.3 is 11.9 Å². The van der Waals surface area contributed by atoms with Crippen LogP contribution in [0.2, 0.25) is 0 Å². The number of rotatable bonds is 6. The maximum atomic E-state index is 12.5. The molecule has 2 aromatic carbocycles. The van der Waals surface area contributed by atoms with E-state index in [0.29, 0.717) is 0 Å². The Hall–Kier alpha value is -4.60. The zero-order valence-electron chi connectivity index (χ0n) is 17.3. The Morgan fingerprint density at radius 2 is 1.15 bits per heavy atom. The van der Waals surface area contributed by atoms with Crippen molar-refractivity contribution in [1.82, 2.24) is 0 Å². The minimum Gasteiger partial charge on any atom is -0.496 e. The Balaban J connectivity index is 2.08. The molecule has 10 nitrogen and oxygen atoms in total. The third-order valence-corrected chi connectivity index (χ3v) is 5.13. The number of methoxy groups -OCH3 is 2. The monoisotopic (exact) mass is 452 g/mol. The molecule has 0 radical (unpaired) electrons. The van der Waals surface area contributed by atoms with Gasteiger partial charge in [-0.1, -0.05) is 0 Å². The summed E-state index contributed by atoms with van der Waals surface area (Å²) in [6.07, 6.45) is -0.0982. The van der Waals surface area contributed by atoms with Crippen LogP contribution in [0.25, 0.3) is 21.9 Å². The van der Waals surface area contributed by atoms with E-state index in [0.717, 1.165) is 12.1 Å². The number of carboxylic acid groups (broad SMARTS) is 2. The Bertz CT molecular complexity index is 1440. The maximum Gasteiger partial charge on any atom is 0.371 e. The van der Waals surface area contributed by atoms with Gasteiger partial charge in [0.2, 0.25) is 11.5 Å². The number of carbonyl (C=O) groups is 2. The van der Waals surface area contributed by atoms with E-state index in [9.17, 15) is 29.4 Å². The van der Waals surface area contributed by atoms with Crippen LogP contribution in [0.4, 0.5) is 0 Å². The quantitative estimate of drug-likeness (QED) is 0.446. The highest BCUT2D eigenvalue weighted by Crippen LogP contribution is 2.35. The van der Waals surface area contributed by atoms with Crippen molar-refractivity contribution in [2.75, 3.05) is 14.2 Å². The second kappa shape index (κ2) is 8.15. The molecule has 4 aromatic rings. The minimum atomic E-state index is -1.43. The van der Waals surface area contributed by atoms with Crippen LogP contribution < -0.4 is 20.3 Å². The average Bonchev–Trinajstić information content (AvgIpc) is 2.79. The van der Waals surface area contributed by atoms with Crippen LogP contribution >= 0.6 is 0 Å². The van der Waals surface area contributed by atoms with Crippen LogP contribution in [0.5, 0.6) is 11.5 Å². The predicted octanol–water partition coefficient (Wildman–Crippen LogP) is 2.90. The summed E-state index contributed by atoms with van der Waals surface area (Å²) in [5.41, 5.74) is -0.636. The lowest BCUT2D eigenvalue weighted by atomic mass is 9.98. The van der Waals surface area contributed by atoms with E-state index in [-0.39, 0.29) is 51.0 Å². The van der Waals surface area contributed by atoms with Crippen molar-refractivity contribution in [3.63, 3.8) is 0 Å². The van der Waals surface area contributed by atoms with E-state index >= 15 is 0 Å². The molecular formula is C23H16O10. The lowest BCUT2D eigenvalue weighted by Gasteiger charge is -2.15. The molecule has 0 aliphatic rings. The fourth-order valence-corrected chi connectivity index (χ4v) is 3.62. The van der Waals surface area contributed by atoms with Crippen LogP contribution in [0, 0.1) is 0 Å². The van der Waals surface area contributed by atoms with Crippen LogP contribution in [-0.4, -0.2) is 36.4 Å². The van der Waals surface area contributed by atoms with Gasteiger partial charge in [0.1, 0.15) is 22.7 Å². The first-order valence-electron chi connectivity index (χ1n) is 9.49. The third kappa shape index (κ3) is 3.67. The number of aromatic carboxylic acids is 2. The van der Waals surface area contributed by atoms with E-state index in [1.54, 1.807) is 0 Å². The average molecular weight is 452 g/mol. The summed E-state index contributed by atoms with van der Waals surface area (Å²) in [6.45, 7) is 0. The van der Waals surface area contributed by atoms with Gasteiger partial charge in [0.05, 0.1) is 25.0 Å². The van der Waals surface area contributed by atoms with Gasteiger partial charge in [-0.3, -0.25) is 9.59 Å². The van der Waals surface area contributed by atoms with Gasteiger partial charge in [-0.25, -0.2) is 9.59 Å². The fraction of sp³-hybridized carbons (Fsp3) is 0.130. The van der Waals surface area contributed by atoms with E-state index < -0.39 is 34.3 Å². The normalized spacial score (nSPS) is 11.0. The Morgan fingerprint density at radius 3 is 1.48 bits per heavy atom. The Morgan fingerprint density at radius 1 is 0.758 bits per heavy atom. The Kier molecular flexibility index (Phi) is 5.34. The second-order valence-electron chi connectivity index (χ2n) is 6.98. The van der Waals surface area contributed by atoms with Crippen LogP contribution in [0.3, 0.4) is 0 Å². The summed E-state index contributed by atoms with van der Waals surface area (Å²) < 4.78 is 21.8. The number of fused-ring (bicyclic) bond motifs is 2. The Labute approximate surface area is 184 Å². The first-order valence-corrected chi connectivity index (χ1v) is 9.49. The van der Waals surface area contributed by atoms with Crippen LogP contribution in [0.1, 0.15) is 32.2 Å². The van der Waals surface area contributed by atoms with Gasteiger partial charge in [0.15, 0.2) is 10.9 Å². The molecule has 0 saturated carbocycles. The number of hydrogen-bond donors (Lipinski definition) is 2. The number of ether oxygens (including phenoxy) is 2. The van der Waals surface area contributed by atoms with E-state index in [1.807, 2.05) is 0 Å². The SMILES string of the molecule is COc1ccc2c(=O)cc(C(=O)O)oc2c1Cc1c(OC)ccc2c(=O)cc(C(=O)O)oc12. The molecule has 2 heterocycles. The molecule has 2 N–H and O–H groups in total. The van der Waals surface area contributed by atoms with Crippen molar-refractivity contribution in [1.29, 1.82) is 0 Å². The van der Waals surface area contributed by atoms with Gasteiger partial charge in [0.25, 0.3) is 0 Å². The van der Waals surface area contributed by atoms with Gasteiger partial charge in [-0.05, 0) is 24.3 Å². The van der Waals surface area contributed by atoms with Gasteiger partial charge in [0, 0.05) is 29.7 Å². The highest BCUT2D eigenvalue weighted by molar-refractivity contribution is 5.91. The fourth-order valence-electron chi connectivity index (χ4n) is 3.62. The molecule has 0 aliphatic carbocycles. The summed E-state index contributed by atoms with van der Waals surface area (Å²) in [7, 11) is 2.76. The van der Waals surface area contributed by atoms with Gasteiger partial charge < -0.3 is 28.5 Å². The summed E-state index contributed by atoms with van der Waals surface area (Å²) in [6, 6.07) is 7.67. The zero-order chi connectivity index (χ0) is 23.9. The lowest BCUT2D eigenvalue weighted by Crippen LogP contribution is -2.10. The molecule has 168 valence electrons. The molecule has 10 heteroatoms. The highest BCUT2D eigenvalue weighted by Gasteiger charge is 2.22. The largest absolute Gasteiger partial charge is 0.496 e. The number of benzene rings is 2. The van der Waals surface area contributed by atoms with Crippen molar-refractivity contribution in [3.05, 3.63) is 79.5 Å². The van der Waals surface area contributed by atoms with Crippen molar-refractivity contribution in [2.45, 2.75) is 6.42 Å². The zero-order valence-corrected chi connectivity index (χ0v) is 17.3. The van der Waals surface area contributed by atoms with Crippen molar-refractivity contribution in [3.8, 4) is 11.5 Å². The second-order valence-corrected chi connectivity index (χ2v) is 6.98. The summed E-state index contributed by atoms with van der Waals surface area (Å²) in [5, 5.41) is 18.9. The molecule has 0 fully saturated rings. The smallest absolute Gasteiger partial charge is 0.371 e. The number of carboxylic acids is 2. The summed E-state index contributed by atoms with van der Waals surface area (Å²) in [5.74, 6) is -3.45. The lowest BCUT2D eigenvalue weighted by molar-refractivity contribution is 0.0653. The van der Waals surface area contributed by atoms with Gasteiger partial charge in [-0.15, -0.1) is 0 Å². The molecular weight excluding hydrogens is 436 g/mol. The van der Waals surface area contributed by atoms with Crippen molar-refractivity contribution < 1.29 is 38.1 Å². The molecule has 33 heavy (non-hydrogen) atoms. The maximum absolute atomic E-state index is 12.5. The van der Waals surface area contributed by atoms with Crippen molar-refractivity contribution >= 4 is 33.9 Å². The van der Waals surface area contributed by atoms with E-state index in [1.165, 1.54) is 38.5 Å². The molecule has 0 aliphatic heterocycles. The third-order valence-electron chi connectivity index (χ3n) is 5.13. The minimum absolute atomic E-state index is 0.0324. The molecule has 0 unspecified atom stereocenters.